The van der Waals surface area contributed by atoms with Crippen LogP contribution in [-0.4, -0.2) is 37.0 Å². The maximum Gasteiger partial charge on any atom is 0.416 e. The first-order chi connectivity index (χ1) is 10.4. The van der Waals surface area contributed by atoms with Crippen molar-refractivity contribution < 1.29 is 18.0 Å². The molecule has 1 spiro atoms. The summed E-state index contributed by atoms with van der Waals surface area (Å²) < 4.78 is 37.7. The van der Waals surface area contributed by atoms with E-state index < -0.39 is 11.7 Å². The van der Waals surface area contributed by atoms with Crippen LogP contribution in [0.1, 0.15) is 35.2 Å². The third-order valence-corrected chi connectivity index (χ3v) is 4.85. The zero-order chi connectivity index (χ0) is 15.8. The Morgan fingerprint density at radius 1 is 1.09 bits per heavy atom. The summed E-state index contributed by atoms with van der Waals surface area (Å²) in [4.78, 5) is 14.2. The summed E-state index contributed by atoms with van der Waals surface area (Å²) in [6, 6.07) is 4.50. The summed E-state index contributed by atoms with van der Waals surface area (Å²) in [6.07, 6.45) is -1.26. The van der Waals surface area contributed by atoms with Crippen molar-refractivity contribution in [2.45, 2.75) is 25.4 Å². The first-order valence-electron chi connectivity index (χ1n) is 7.57. The Morgan fingerprint density at radius 3 is 2.32 bits per heavy atom. The average molecular weight is 312 g/mol. The van der Waals surface area contributed by atoms with Crippen LogP contribution in [-0.2, 0) is 6.18 Å². The Morgan fingerprint density at radius 2 is 1.73 bits per heavy atom. The van der Waals surface area contributed by atoms with Crippen LogP contribution in [0.5, 0.6) is 0 Å². The standard InChI is InChI=1S/C16H19F3N2O/c17-16(18,19)13-3-1-12(2-4-13)14(22)21-10-7-15(11-21)5-8-20-9-6-15/h1-4,20H,5-11H2. The summed E-state index contributed by atoms with van der Waals surface area (Å²) in [6.45, 7) is 3.36. The van der Waals surface area contributed by atoms with Gasteiger partial charge in [0.2, 0.25) is 0 Å². The number of carbonyl (C=O) groups is 1. The topological polar surface area (TPSA) is 32.3 Å². The fraction of sp³-hybridized carbons (Fsp3) is 0.562. The van der Waals surface area contributed by atoms with Crippen LogP contribution in [0.4, 0.5) is 13.2 Å². The smallest absolute Gasteiger partial charge is 0.338 e. The minimum Gasteiger partial charge on any atom is -0.338 e. The number of benzene rings is 1. The van der Waals surface area contributed by atoms with Gasteiger partial charge in [0.15, 0.2) is 0 Å². The number of amides is 1. The predicted octanol–water partition coefficient (Wildman–Crippen LogP) is 2.92. The second kappa shape index (κ2) is 5.57. The average Bonchev–Trinajstić information content (AvgIpc) is 2.90. The largest absolute Gasteiger partial charge is 0.416 e. The molecule has 3 nitrogen and oxygen atoms in total. The predicted molar refractivity (Wildman–Crippen MR) is 76.5 cm³/mol. The van der Waals surface area contributed by atoms with Gasteiger partial charge in [-0.2, -0.15) is 13.2 Å². The Balaban J connectivity index is 1.69. The van der Waals surface area contributed by atoms with Crippen molar-refractivity contribution in [3.8, 4) is 0 Å². The highest BCUT2D eigenvalue weighted by molar-refractivity contribution is 5.94. The highest BCUT2D eigenvalue weighted by atomic mass is 19.4. The van der Waals surface area contributed by atoms with E-state index in [-0.39, 0.29) is 11.3 Å². The van der Waals surface area contributed by atoms with Gasteiger partial charge in [-0.25, -0.2) is 0 Å². The number of nitrogens with one attached hydrogen (secondary N) is 1. The molecule has 1 aromatic rings. The highest BCUT2D eigenvalue weighted by Crippen LogP contribution is 2.39. The molecule has 0 aliphatic carbocycles. The van der Waals surface area contributed by atoms with E-state index in [1.807, 2.05) is 0 Å². The lowest BCUT2D eigenvalue weighted by atomic mass is 9.78. The maximum absolute atomic E-state index is 12.6. The first-order valence-corrected chi connectivity index (χ1v) is 7.57. The minimum absolute atomic E-state index is 0.163. The van der Waals surface area contributed by atoms with Crippen molar-refractivity contribution in [3.63, 3.8) is 0 Å². The summed E-state index contributed by atoms with van der Waals surface area (Å²) >= 11 is 0. The molecule has 2 heterocycles. The molecule has 1 N–H and O–H groups in total. The van der Waals surface area contributed by atoms with E-state index >= 15 is 0 Å². The molecule has 0 unspecified atom stereocenters. The number of carbonyl (C=O) groups excluding carboxylic acids is 1. The second-order valence-electron chi connectivity index (χ2n) is 6.30. The van der Waals surface area contributed by atoms with Gasteiger partial charge < -0.3 is 10.2 Å². The van der Waals surface area contributed by atoms with E-state index in [0.717, 1.165) is 44.5 Å². The number of hydrogen-bond acceptors (Lipinski definition) is 2. The van der Waals surface area contributed by atoms with Gasteiger partial charge in [-0.1, -0.05) is 0 Å². The van der Waals surface area contributed by atoms with Crippen LogP contribution in [0.15, 0.2) is 24.3 Å². The molecular formula is C16H19F3N2O. The summed E-state index contributed by atoms with van der Waals surface area (Å²) in [5, 5.41) is 3.32. The highest BCUT2D eigenvalue weighted by Gasteiger charge is 2.40. The summed E-state index contributed by atoms with van der Waals surface area (Å²) in [7, 11) is 0. The van der Waals surface area contributed by atoms with Gasteiger partial charge in [0.05, 0.1) is 5.56 Å². The van der Waals surface area contributed by atoms with Crippen LogP contribution in [0.25, 0.3) is 0 Å². The fourth-order valence-electron chi connectivity index (χ4n) is 3.46. The molecule has 2 saturated heterocycles. The van der Waals surface area contributed by atoms with Gasteiger partial charge in [-0.05, 0) is 62.0 Å². The van der Waals surface area contributed by atoms with E-state index in [9.17, 15) is 18.0 Å². The number of rotatable bonds is 1. The maximum atomic E-state index is 12.6. The molecule has 0 bridgehead atoms. The van der Waals surface area contributed by atoms with Gasteiger partial charge in [-0.3, -0.25) is 4.79 Å². The van der Waals surface area contributed by atoms with Gasteiger partial charge in [0.25, 0.3) is 5.91 Å². The lowest BCUT2D eigenvalue weighted by Crippen LogP contribution is -2.39. The van der Waals surface area contributed by atoms with Gasteiger partial charge in [0.1, 0.15) is 0 Å². The molecule has 120 valence electrons. The van der Waals surface area contributed by atoms with Crippen molar-refractivity contribution in [2.24, 2.45) is 5.41 Å². The van der Waals surface area contributed by atoms with Crippen LogP contribution < -0.4 is 5.32 Å². The van der Waals surface area contributed by atoms with Gasteiger partial charge >= 0.3 is 6.18 Å². The van der Waals surface area contributed by atoms with Crippen molar-refractivity contribution in [1.82, 2.24) is 10.2 Å². The van der Waals surface area contributed by atoms with E-state index in [1.54, 1.807) is 4.90 Å². The molecular weight excluding hydrogens is 293 g/mol. The Kier molecular flexibility index (Phi) is 3.89. The normalized spacial score (nSPS) is 21.3. The van der Waals surface area contributed by atoms with E-state index in [4.69, 9.17) is 0 Å². The lowest BCUT2D eigenvalue weighted by Gasteiger charge is -2.33. The zero-order valence-corrected chi connectivity index (χ0v) is 12.2. The molecule has 1 amide bonds. The van der Waals surface area contributed by atoms with Gasteiger partial charge in [-0.15, -0.1) is 0 Å². The van der Waals surface area contributed by atoms with E-state index in [0.29, 0.717) is 18.7 Å². The molecule has 0 atom stereocenters. The minimum atomic E-state index is -4.37. The number of hydrogen-bond donors (Lipinski definition) is 1. The van der Waals surface area contributed by atoms with E-state index in [2.05, 4.69) is 5.32 Å². The van der Waals surface area contributed by atoms with Crippen molar-refractivity contribution in [2.75, 3.05) is 26.2 Å². The molecule has 0 aromatic heterocycles. The molecule has 1 aromatic carbocycles. The summed E-state index contributed by atoms with van der Waals surface area (Å²) in [5.74, 6) is -0.163. The Bertz CT molecular complexity index is 548. The molecule has 22 heavy (non-hydrogen) atoms. The SMILES string of the molecule is O=C(c1ccc(C(F)(F)F)cc1)N1CCC2(CCNCC2)C1. The number of nitrogens with zero attached hydrogens (tertiary/aromatic N) is 1. The van der Waals surface area contributed by atoms with Crippen LogP contribution in [0, 0.1) is 5.41 Å². The Hall–Kier alpha value is -1.56. The number of halogens is 3. The molecule has 2 fully saturated rings. The number of alkyl halides is 3. The van der Waals surface area contributed by atoms with Gasteiger partial charge in [0, 0.05) is 18.7 Å². The quantitative estimate of drug-likeness (QED) is 0.865. The second-order valence-corrected chi connectivity index (χ2v) is 6.30. The fourth-order valence-corrected chi connectivity index (χ4v) is 3.46. The first kappa shape index (κ1) is 15.3. The molecule has 0 radical (unpaired) electrons. The van der Waals surface area contributed by atoms with Crippen molar-refractivity contribution in [1.29, 1.82) is 0 Å². The monoisotopic (exact) mass is 312 g/mol. The number of piperidine rings is 1. The zero-order valence-electron chi connectivity index (χ0n) is 12.2. The molecule has 2 aliphatic heterocycles. The lowest BCUT2D eigenvalue weighted by molar-refractivity contribution is -0.137. The van der Waals surface area contributed by atoms with Crippen LogP contribution in [0.3, 0.4) is 0 Å². The third-order valence-electron chi connectivity index (χ3n) is 4.85. The van der Waals surface area contributed by atoms with Crippen LogP contribution >= 0.6 is 0 Å². The molecule has 3 rings (SSSR count). The molecule has 6 heteroatoms. The van der Waals surface area contributed by atoms with Crippen molar-refractivity contribution >= 4 is 5.91 Å². The van der Waals surface area contributed by atoms with E-state index in [1.165, 1.54) is 12.1 Å². The van der Waals surface area contributed by atoms with Crippen molar-refractivity contribution in [3.05, 3.63) is 35.4 Å². The Labute approximate surface area is 127 Å². The molecule has 0 saturated carbocycles. The molecule has 2 aliphatic rings. The van der Waals surface area contributed by atoms with Crippen LogP contribution in [0.2, 0.25) is 0 Å². The summed E-state index contributed by atoms with van der Waals surface area (Å²) in [5.41, 5.74) is -0.188. The number of likely N-dealkylation sites (tertiary alicyclic amines) is 1. The third kappa shape index (κ3) is 2.97.